The standard InChI is InChI=1S/C9H12N2O.C2H6/c1-7-8(2)12-6-5-11-4-3-10-9(7)11;1-2/h3-4H,5-6H2,1-2H3;1-2H3. The van der Waals surface area contributed by atoms with E-state index in [9.17, 15) is 0 Å². The van der Waals surface area contributed by atoms with Gasteiger partial charge in [0.2, 0.25) is 0 Å². The number of hydrogen-bond acceptors (Lipinski definition) is 2. The van der Waals surface area contributed by atoms with Gasteiger partial charge in [-0.2, -0.15) is 0 Å². The summed E-state index contributed by atoms with van der Waals surface area (Å²) in [5, 5.41) is 0. The van der Waals surface area contributed by atoms with Crippen LogP contribution in [0.4, 0.5) is 0 Å². The molecule has 0 N–H and O–H groups in total. The van der Waals surface area contributed by atoms with Gasteiger partial charge in [0.1, 0.15) is 12.4 Å². The van der Waals surface area contributed by atoms with Crippen LogP contribution >= 0.6 is 0 Å². The zero-order chi connectivity index (χ0) is 10.6. The van der Waals surface area contributed by atoms with Crippen molar-refractivity contribution in [1.29, 1.82) is 0 Å². The van der Waals surface area contributed by atoms with Gasteiger partial charge in [-0.15, -0.1) is 0 Å². The number of imidazole rings is 1. The number of aromatic nitrogens is 2. The van der Waals surface area contributed by atoms with E-state index in [4.69, 9.17) is 4.74 Å². The van der Waals surface area contributed by atoms with Crippen LogP contribution in [0.3, 0.4) is 0 Å². The van der Waals surface area contributed by atoms with Gasteiger partial charge < -0.3 is 9.30 Å². The molecule has 0 fully saturated rings. The first kappa shape index (κ1) is 10.8. The molecule has 0 radical (unpaired) electrons. The van der Waals surface area contributed by atoms with E-state index in [0.29, 0.717) is 0 Å². The van der Waals surface area contributed by atoms with Crippen LogP contribution in [0.5, 0.6) is 0 Å². The van der Waals surface area contributed by atoms with Crippen LogP contribution in [0.1, 0.15) is 33.5 Å². The third-order valence-corrected chi connectivity index (χ3v) is 2.23. The van der Waals surface area contributed by atoms with Gasteiger partial charge in [0.05, 0.1) is 12.3 Å². The van der Waals surface area contributed by atoms with Crippen molar-refractivity contribution in [3.63, 3.8) is 0 Å². The maximum atomic E-state index is 5.47. The molecule has 78 valence electrons. The van der Waals surface area contributed by atoms with E-state index in [1.165, 1.54) is 0 Å². The molecule has 0 bridgehead atoms. The third-order valence-electron chi connectivity index (χ3n) is 2.23. The highest BCUT2D eigenvalue weighted by Gasteiger charge is 2.11. The molecule has 0 spiro atoms. The van der Waals surface area contributed by atoms with Crippen molar-refractivity contribution >= 4 is 5.57 Å². The number of ether oxygens (including phenoxy) is 1. The molecule has 0 atom stereocenters. The van der Waals surface area contributed by atoms with Crippen molar-refractivity contribution in [3.05, 3.63) is 24.0 Å². The summed E-state index contributed by atoms with van der Waals surface area (Å²) < 4.78 is 7.59. The zero-order valence-corrected chi connectivity index (χ0v) is 9.37. The molecule has 3 heteroatoms. The summed E-state index contributed by atoms with van der Waals surface area (Å²) in [6, 6.07) is 0. The molecule has 0 amide bonds. The highest BCUT2D eigenvalue weighted by atomic mass is 16.5. The maximum Gasteiger partial charge on any atom is 0.138 e. The van der Waals surface area contributed by atoms with Crippen LogP contribution in [0, 0.1) is 0 Å². The Hall–Kier alpha value is -1.25. The number of rotatable bonds is 0. The molecule has 1 aromatic rings. The topological polar surface area (TPSA) is 27.1 Å². The summed E-state index contributed by atoms with van der Waals surface area (Å²) in [5.41, 5.74) is 1.14. The molecule has 1 aromatic heterocycles. The minimum atomic E-state index is 0.743. The van der Waals surface area contributed by atoms with E-state index >= 15 is 0 Å². The predicted molar refractivity (Wildman–Crippen MR) is 57.8 cm³/mol. The van der Waals surface area contributed by atoms with E-state index < -0.39 is 0 Å². The van der Waals surface area contributed by atoms with E-state index in [0.717, 1.165) is 30.3 Å². The Balaban J connectivity index is 0.000000461. The van der Waals surface area contributed by atoms with Gasteiger partial charge in [-0.1, -0.05) is 13.8 Å². The number of hydrogen-bond donors (Lipinski definition) is 0. The first-order valence-electron chi connectivity index (χ1n) is 5.11. The van der Waals surface area contributed by atoms with Crippen LogP contribution < -0.4 is 0 Å². The zero-order valence-electron chi connectivity index (χ0n) is 9.37. The monoisotopic (exact) mass is 194 g/mol. The van der Waals surface area contributed by atoms with Crippen LogP contribution in [0.15, 0.2) is 18.2 Å². The smallest absolute Gasteiger partial charge is 0.138 e. The molecule has 3 nitrogen and oxygen atoms in total. The first-order chi connectivity index (χ1) is 6.79. The van der Waals surface area contributed by atoms with Crippen LogP contribution in [0.2, 0.25) is 0 Å². The molecule has 0 saturated carbocycles. The lowest BCUT2D eigenvalue weighted by Gasteiger charge is -2.02. The molecule has 1 aliphatic rings. The fourth-order valence-corrected chi connectivity index (χ4v) is 1.38. The Bertz CT molecular complexity index is 326. The molecule has 1 aliphatic heterocycles. The Labute approximate surface area is 85.4 Å². The Morgan fingerprint density at radius 1 is 1.36 bits per heavy atom. The molecular formula is C11H18N2O. The average Bonchev–Trinajstić information content (AvgIpc) is 2.63. The van der Waals surface area contributed by atoms with E-state index in [1.807, 2.05) is 40.1 Å². The van der Waals surface area contributed by atoms with Crippen molar-refractivity contribution in [2.24, 2.45) is 0 Å². The second kappa shape index (κ2) is 4.84. The first-order valence-corrected chi connectivity index (χ1v) is 5.11. The van der Waals surface area contributed by atoms with Gasteiger partial charge in [0, 0.05) is 18.0 Å². The van der Waals surface area contributed by atoms with Crippen LogP contribution in [-0.2, 0) is 11.3 Å². The van der Waals surface area contributed by atoms with Gasteiger partial charge in [0.25, 0.3) is 0 Å². The summed E-state index contributed by atoms with van der Waals surface area (Å²) in [7, 11) is 0. The van der Waals surface area contributed by atoms with Crippen LogP contribution in [0.25, 0.3) is 5.57 Å². The maximum absolute atomic E-state index is 5.47. The summed E-state index contributed by atoms with van der Waals surface area (Å²) in [4.78, 5) is 4.27. The summed E-state index contributed by atoms with van der Waals surface area (Å²) >= 11 is 0. The van der Waals surface area contributed by atoms with Crippen molar-refractivity contribution in [3.8, 4) is 0 Å². The SMILES string of the molecule is CC.CC1=C(C)c2nccn2CCO1. The van der Waals surface area contributed by atoms with Crippen molar-refractivity contribution in [2.45, 2.75) is 34.2 Å². The van der Waals surface area contributed by atoms with Crippen molar-refractivity contribution in [2.75, 3.05) is 6.61 Å². The third kappa shape index (κ3) is 1.97. The molecule has 0 aromatic carbocycles. The average molecular weight is 194 g/mol. The quantitative estimate of drug-likeness (QED) is 0.635. The van der Waals surface area contributed by atoms with Gasteiger partial charge in [0.15, 0.2) is 0 Å². The molecule has 0 unspecified atom stereocenters. The molecule has 2 heterocycles. The lowest BCUT2D eigenvalue weighted by Crippen LogP contribution is -2.02. The molecule has 0 aliphatic carbocycles. The largest absolute Gasteiger partial charge is 0.496 e. The Morgan fingerprint density at radius 2 is 2.07 bits per heavy atom. The number of fused-ring (bicyclic) bond motifs is 1. The van der Waals surface area contributed by atoms with E-state index in [1.54, 1.807) is 0 Å². The Kier molecular flexibility index (Phi) is 3.74. The van der Waals surface area contributed by atoms with Gasteiger partial charge in [-0.05, 0) is 13.8 Å². The molecule has 14 heavy (non-hydrogen) atoms. The van der Waals surface area contributed by atoms with E-state index in [-0.39, 0.29) is 0 Å². The number of nitrogens with zero attached hydrogens (tertiary/aromatic N) is 2. The Morgan fingerprint density at radius 3 is 2.79 bits per heavy atom. The van der Waals surface area contributed by atoms with Crippen molar-refractivity contribution in [1.82, 2.24) is 9.55 Å². The molecule has 0 saturated heterocycles. The second-order valence-corrected chi connectivity index (χ2v) is 2.97. The second-order valence-electron chi connectivity index (χ2n) is 2.97. The highest BCUT2D eigenvalue weighted by molar-refractivity contribution is 5.60. The minimum Gasteiger partial charge on any atom is -0.496 e. The highest BCUT2D eigenvalue weighted by Crippen LogP contribution is 2.19. The molecular weight excluding hydrogens is 176 g/mol. The van der Waals surface area contributed by atoms with Gasteiger partial charge in [-0.3, -0.25) is 0 Å². The summed E-state index contributed by atoms with van der Waals surface area (Å²) in [6.07, 6.45) is 3.82. The van der Waals surface area contributed by atoms with Crippen molar-refractivity contribution < 1.29 is 4.74 Å². The fourth-order valence-electron chi connectivity index (χ4n) is 1.38. The van der Waals surface area contributed by atoms with E-state index in [2.05, 4.69) is 9.55 Å². The molecule has 2 rings (SSSR count). The summed E-state index contributed by atoms with van der Waals surface area (Å²) in [6.45, 7) is 9.66. The number of allylic oxidation sites excluding steroid dienone is 2. The predicted octanol–water partition coefficient (Wildman–Crippen LogP) is 2.69. The summed E-state index contributed by atoms with van der Waals surface area (Å²) in [5.74, 6) is 2.02. The van der Waals surface area contributed by atoms with Crippen LogP contribution in [-0.4, -0.2) is 16.2 Å². The fraction of sp³-hybridized carbons (Fsp3) is 0.545. The lowest BCUT2D eigenvalue weighted by molar-refractivity contribution is 0.208. The minimum absolute atomic E-state index is 0.743. The normalized spacial score (nSPS) is 14.9. The lowest BCUT2D eigenvalue weighted by atomic mass is 10.2. The van der Waals surface area contributed by atoms with Gasteiger partial charge >= 0.3 is 0 Å². The van der Waals surface area contributed by atoms with Gasteiger partial charge in [-0.25, -0.2) is 4.98 Å².